The molecule has 0 aliphatic heterocycles. The average Bonchev–Trinajstić information content (AvgIpc) is 2.11. The zero-order valence-electron chi connectivity index (χ0n) is 10.9. The first kappa shape index (κ1) is 14.4. The summed E-state index contributed by atoms with van der Waals surface area (Å²) in [6.07, 6.45) is 6.61. The third-order valence-electron chi connectivity index (χ3n) is 4.75. The monoisotopic (exact) mass is 259 g/mol. The number of amides is 1. The predicted octanol–water partition coefficient (Wildman–Crippen LogP) is -2.78. The van der Waals surface area contributed by atoms with Crippen LogP contribution in [0.4, 0.5) is 0 Å². The number of carboxylic acids is 1. The first-order valence-electron chi connectivity index (χ1n) is 6.55. The van der Waals surface area contributed by atoms with Crippen molar-refractivity contribution in [1.82, 2.24) is 5.32 Å². The number of carbonyl (C=O) groups excluding carboxylic acids is 2. The third-order valence-corrected chi connectivity index (χ3v) is 4.75. The molecular formula is C13H18NNaO3. The summed E-state index contributed by atoms with van der Waals surface area (Å²) in [4.78, 5) is 22.0. The molecule has 0 atom stereocenters. The van der Waals surface area contributed by atoms with Crippen LogP contribution in [-0.4, -0.2) is 17.4 Å². The van der Waals surface area contributed by atoms with Crippen molar-refractivity contribution in [1.29, 1.82) is 0 Å². The van der Waals surface area contributed by atoms with Gasteiger partial charge in [0.05, 0.1) is 12.4 Å². The van der Waals surface area contributed by atoms with Crippen molar-refractivity contribution in [3.05, 3.63) is 0 Å². The van der Waals surface area contributed by atoms with E-state index in [-0.39, 0.29) is 41.0 Å². The maximum atomic E-state index is 11.6. The summed E-state index contributed by atoms with van der Waals surface area (Å²) in [5.41, 5.74) is -0.0821. The van der Waals surface area contributed by atoms with Crippen LogP contribution in [-0.2, 0) is 9.59 Å². The molecule has 94 valence electrons. The summed E-state index contributed by atoms with van der Waals surface area (Å²) in [5.74, 6) is 0.609. The van der Waals surface area contributed by atoms with Crippen molar-refractivity contribution in [2.75, 3.05) is 0 Å². The minimum Gasteiger partial charge on any atom is -0.550 e. The van der Waals surface area contributed by atoms with E-state index in [9.17, 15) is 14.7 Å². The first-order chi connectivity index (χ1) is 8.05. The molecule has 4 rings (SSSR count). The van der Waals surface area contributed by atoms with Gasteiger partial charge in [-0.15, -0.1) is 0 Å². The maximum absolute atomic E-state index is 11.6. The summed E-state index contributed by atoms with van der Waals surface area (Å²) in [5, 5.41) is 13.4. The summed E-state index contributed by atoms with van der Waals surface area (Å²) in [6, 6.07) is 0. The fourth-order valence-electron chi connectivity index (χ4n) is 4.73. The molecule has 4 fully saturated rings. The van der Waals surface area contributed by atoms with E-state index < -0.39 is 12.4 Å². The second-order valence-corrected chi connectivity index (χ2v) is 6.29. The van der Waals surface area contributed by atoms with Crippen LogP contribution >= 0.6 is 0 Å². The van der Waals surface area contributed by atoms with E-state index >= 15 is 0 Å². The molecule has 4 saturated carbocycles. The molecule has 0 aromatic carbocycles. The number of carboxylic acid groups (broad SMARTS) is 1. The first-order valence-corrected chi connectivity index (χ1v) is 6.55. The summed E-state index contributed by atoms with van der Waals surface area (Å²) < 4.78 is 0. The number of nitrogens with one attached hydrogen (secondary N) is 1. The van der Waals surface area contributed by atoms with E-state index in [2.05, 4.69) is 5.32 Å². The van der Waals surface area contributed by atoms with Crippen LogP contribution in [0, 0.1) is 17.8 Å². The summed E-state index contributed by atoms with van der Waals surface area (Å²) in [7, 11) is 0. The SMILES string of the molecule is O=C([O-])CC(=O)NC12CC3CC(CC(C3)C1)C2.[Na+]. The van der Waals surface area contributed by atoms with Gasteiger partial charge in [0.15, 0.2) is 0 Å². The molecule has 0 heterocycles. The van der Waals surface area contributed by atoms with E-state index in [1.54, 1.807) is 0 Å². The minimum atomic E-state index is -1.28. The molecule has 0 spiro atoms. The zero-order valence-corrected chi connectivity index (χ0v) is 12.9. The van der Waals surface area contributed by atoms with Crippen LogP contribution in [0.1, 0.15) is 44.9 Å². The van der Waals surface area contributed by atoms with Crippen molar-refractivity contribution in [3.63, 3.8) is 0 Å². The fourth-order valence-corrected chi connectivity index (χ4v) is 4.73. The smallest absolute Gasteiger partial charge is 0.550 e. The predicted molar refractivity (Wildman–Crippen MR) is 58.7 cm³/mol. The van der Waals surface area contributed by atoms with Crippen LogP contribution in [0.25, 0.3) is 0 Å². The third kappa shape index (κ3) is 2.75. The van der Waals surface area contributed by atoms with Gasteiger partial charge in [0.1, 0.15) is 0 Å². The van der Waals surface area contributed by atoms with E-state index in [1.165, 1.54) is 19.3 Å². The topological polar surface area (TPSA) is 69.2 Å². The molecule has 1 amide bonds. The second kappa shape index (κ2) is 5.14. The molecule has 4 nitrogen and oxygen atoms in total. The number of aliphatic carboxylic acids is 1. The van der Waals surface area contributed by atoms with Crippen molar-refractivity contribution >= 4 is 11.9 Å². The Morgan fingerprint density at radius 1 is 1.06 bits per heavy atom. The van der Waals surface area contributed by atoms with Gasteiger partial charge in [-0.3, -0.25) is 4.79 Å². The quantitative estimate of drug-likeness (QED) is 0.440. The molecule has 0 aromatic rings. The van der Waals surface area contributed by atoms with Gasteiger partial charge >= 0.3 is 29.6 Å². The van der Waals surface area contributed by atoms with Crippen LogP contribution in [0.5, 0.6) is 0 Å². The number of hydrogen-bond donors (Lipinski definition) is 1. The van der Waals surface area contributed by atoms with Crippen molar-refractivity contribution in [2.45, 2.75) is 50.5 Å². The van der Waals surface area contributed by atoms with Gasteiger partial charge in [-0.1, -0.05) is 0 Å². The molecular weight excluding hydrogens is 241 g/mol. The maximum Gasteiger partial charge on any atom is 1.00 e. The molecule has 4 aliphatic carbocycles. The minimum absolute atomic E-state index is 0. The van der Waals surface area contributed by atoms with Crippen LogP contribution in [0.3, 0.4) is 0 Å². The standard InChI is InChI=1S/C13H19NO3.Na/c15-11(4-12(16)17)14-13-5-8-1-9(6-13)3-10(2-8)7-13;/h8-10H,1-7H2,(H,14,15)(H,16,17);/q;+1/p-1. The Kier molecular flexibility index (Phi) is 4.10. The van der Waals surface area contributed by atoms with Gasteiger partial charge in [0.2, 0.25) is 5.91 Å². The van der Waals surface area contributed by atoms with E-state index in [0.29, 0.717) is 0 Å². The molecule has 5 heteroatoms. The summed E-state index contributed by atoms with van der Waals surface area (Å²) >= 11 is 0. The molecule has 0 radical (unpaired) electrons. The Labute approximate surface area is 129 Å². The normalized spacial score (nSPS) is 40.1. The van der Waals surface area contributed by atoms with Crippen molar-refractivity contribution < 1.29 is 44.3 Å². The molecule has 18 heavy (non-hydrogen) atoms. The average molecular weight is 259 g/mol. The number of rotatable bonds is 3. The van der Waals surface area contributed by atoms with E-state index in [1.807, 2.05) is 0 Å². The largest absolute Gasteiger partial charge is 1.00 e. The van der Waals surface area contributed by atoms with E-state index in [0.717, 1.165) is 37.0 Å². The van der Waals surface area contributed by atoms with Gasteiger partial charge < -0.3 is 15.2 Å². The molecule has 0 unspecified atom stereocenters. The Balaban J connectivity index is 0.00000120. The number of hydrogen-bond acceptors (Lipinski definition) is 3. The molecule has 0 saturated heterocycles. The fraction of sp³-hybridized carbons (Fsp3) is 0.846. The van der Waals surface area contributed by atoms with Crippen LogP contribution in [0.2, 0.25) is 0 Å². The van der Waals surface area contributed by atoms with Gasteiger partial charge in [-0.25, -0.2) is 0 Å². The summed E-state index contributed by atoms with van der Waals surface area (Å²) in [6.45, 7) is 0. The Hall–Kier alpha value is -0.0600. The zero-order chi connectivity index (χ0) is 12.0. The van der Waals surface area contributed by atoms with Gasteiger partial charge in [-0.05, 0) is 56.3 Å². The molecule has 4 aliphatic rings. The molecule has 4 bridgehead atoms. The van der Waals surface area contributed by atoms with Crippen LogP contribution < -0.4 is 40.0 Å². The second-order valence-electron chi connectivity index (χ2n) is 6.29. The Morgan fingerprint density at radius 2 is 1.50 bits per heavy atom. The van der Waals surface area contributed by atoms with Gasteiger partial charge in [0.25, 0.3) is 0 Å². The van der Waals surface area contributed by atoms with E-state index in [4.69, 9.17) is 0 Å². The van der Waals surface area contributed by atoms with Gasteiger partial charge in [0, 0.05) is 5.54 Å². The van der Waals surface area contributed by atoms with Crippen LogP contribution in [0.15, 0.2) is 0 Å². The van der Waals surface area contributed by atoms with Crippen molar-refractivity contribution in [2.24, 2.45) is 17.8 Å². The number of carbonyl (C=O) groups is 2. The van der Waals surface area contributed by atoms with Gasteiger partial charge in [-0.2, -0.15) is 0 Å². The molecule has 1 N–H and O–H groups in total. The Morgan fingerprint density at radius 3 is 1.89 bits per heavy atom. The Bertz CT molecular complexity index is 334. The van der Waals surface area contributed by atoms with Crippen molar-refractivity contribution in [3.8, 4) is 0 Å². The molecule has 0 aromatic heterocycles.